The van der Waals surface area contributed by atoms with Crippen LogP contribution in [0.3, 0.4) is 0 Å². The van der Waals surface area contributed by atoms with Crippen LogP contribution < -0.4 is 4.74 Å². The van der Waals surface area contributed by atoms with Crippen molar-refractivity contribution in [1.82, 2.24) is 4.57 Å². The summed E-state index contributed by atoms with van der Waals surface area (Å²) in [5.74, 6) is -0.329. The van der Waals surface area contributed by atoms with E-state index < -0.39 is 5.97 Å². The highest BCUT2D eigenvalue weighted by molar-refractivity contribution is 6.32. The monoisotopic (exact) mass is 279 g/mol. The largest absolute Gasteiger partial charge is 0.495 e. The van der Waals surface area contributed by atoms with E-state index in [0.29, 0.717) is 22.8 Å². The molecule has 0 unspecified atom stereocenters. The zero-order valence-corrected chi connectivity index (χ0v) is 11.4. The summed E-state index contributed by atoms with van der Waals surface area (Å²) in [5, 5.41) is 9.63. The van der Waals surface area contributed by atoms with Crippen LogP contribution in [0, 0.1) is 0 Å². The van der Waals surface area contributed by atoms with E-state index >= 15 is 0 Å². The molecule has 0 aliphatic carbocycles. The number of carboxylic acids is 1. The molecular formula is C14H14ClNO3. The minimum atomic E-state index is -0.921. The van der Waals surface area contributed by atoms with Gasteiger partial charge in [-0.05, 0) is 30.7 Å². The third-order valence-electron chi connectivity index (χ3n) is 2.97. The van der Waals surface area contributed by atoms with Gasteiger partial charge in [0.2, 0.25) is 0 Å². The number of hydrogen-bond acceptors (Lipinski definition) is 2. The fourth-order valence-electron chi connectivity index (χ4n) is 2.07. The number of carbonyl (C=O) groups is 1. The van der Waals surface area contributed by atoms with Crippen molar-refractivity contribution in [3.63, 3.8) is 0 Å². The number of hydrogen-bond donors (Lipinski definition) is 1. The molecule has 100 valence electrons. The van der Waals surface area contributed by atoms with E-state index in [0.717, 1.165) is 11.4 Å². The average Bonchev–Trinajstić information content (AvgIpc) is 2.82. The summed E-state index contributed by atoms with van der Waals surface area (Å²) in [6.45, 7) is 1.92. The predicted octanol–water partition coefficient (Wildman–Crippen LogP) is 3.40. The Hall–Kier alpha value is -1.94. The number of halogens is 1. The summed E-state index contributed by atoms with van der Waals surface area (Å²) in [7, 11) is 1.55. The maximum Gasteiger partial charge on any atom is 0.337 e. The van der Waals surface area contributed by atoms with Gasteiger partial charge in [-0.25, -0.2) is 4.79 Å². The molecule has 0 atom stereocenters. The van der Waals surface area contributed by atoms with Gasteiger partial charge in [-0.15, -0.1) is 0 Å². The second kappa shape index (κ2) is 5.36. The van der Waals surface area contributed by atoms with Crippen LogP contribution in [0.2, 0.25) is 5.02 Å². The van der Waals surface area contributed by atoms with E-state index in [2.05, 4.69) is 0 Å². The molecular weight excluding hydrogens is 266 g/mol. The SMILES string of the molecule is CCc1c(C(=O)O)ccn1-c1ccc(OC)c(Cl)c1. The smallest absolute Gasteiger partial charge is 0.337 e. The van der Waals surface area contributed by atoms with Crippen LogP contribution in [-0.2, 0) is 6.42 Å². The van der Waals surface area contributed by atoms with Gasteiger partial charge in [0.15, 0.2) is 0 Å². The molecule has 19 heavy (non-hydrogen) atoms. The summed E-state index contributed by atoms with van der Waals surface area (Å²) in [4.78, 5) is 11.1. The summed E-state index contributed by atoms with van der Waals surface area (Å²) in [6.07, 6.45) is 2.36. The van der Waals surface area contributed by atoms with Gasteiger partial charge in [0.25, 0.3) is 0 Å². The van der Waals surface area contributed by atoms with Gasteiger partial charge < -0.3 is 14.4 Å². The van der Waals surface area contributed by atoms with Crippen molar-refractivity contribution in [2.24, 2.45) is 0 Å². The van der Waals surface area contributed by atoms with Crippen LogP contribution >= 0.6 is 11.6 Å². The molecule has 1 N–H and O–H groups in total. The number of aromatic nitrogens is 1. The highest BCUT2D eigenvalue weighted by atomic mass is 35.5. The molecule has 1 heterocycles. The number of methoxy groups -OCH3 is 1. The van der Waals surface area contributed by atoms with Gasteiger partial charge in [-0.2, -0.15) is 0 Å². The zero-order valence-electron chi connectivity index (χ0n) is 10.7. The van der Waals surface area contributed by atoms with Crippen molar-refractivity contribution in [3.05, 3.63) is 46.7 Å². The highest BCUT2D eigenvalue weighted by Crippen LogP contribution is 2.28. The van der Waals surface area contributed by atoms with Crippen LogP contribution in [0.25, 0.3) is 5.69 Å². The Kier molecular flexibility index (Phi) is 3.81. The molecule has 0 radical (unpaired) electrons. The van der Waals surface area contributed by atoms with Crippen LogP contribution in [0.15, 0.2) is 30.5 Å². The molecule has 0 fully saturated rings. The second-order valence-electron chi connectivity index (χ2n) is 4.02. The van der Waals surface area contributed by atoms with Crippen molar-refractivity contribution in [2.45, 2.75) is 13.3 Å². The standard InChI is InChI=1S/C14H14ClNO3/c1-3-12-10(14(17)18)6-7-16(12)9-4-5-13(19-2)11(15)8-9/h4-8H,3H2,1-2H3,(H,17,18). The van der Waals surface area contributed by atoms with Crippen LogP contribution in [0.4, 0.5) is 0 Å². The Morgan fingerprint density at radius 3 is 2.68 bits per heavy atom. The Bertz CT molecular complexity index is 619. The first-order chi connectivity index (χ1) is 9.08. The summed E-state index contributed by atoms with van der Waals surface area (Å²) in [6, 6.07) is 6.96. The van der Waals surface area contributed by atoms with E-state index in [1.54, 1.807) is 31.5 Å². The topological polar surface area (TPSA) is 51.5 Å². The van der Waals surface area contributed by atoms with Crippen molar-refractivity contribution in [3.8, 4) is 11.4 Å². The Balaban J connectivity index is 2.53. The first-order valence-corrected chi connectivity index (χ1v) is 6.23. The van der Waals surface area contributed by atoms with E-state index in [1.165, 1.54) is 0 Å². The summed E-state index contributed by atoms with van der Waals surface area (Å²) >= 11 is 6.09. The van der Waals surface area contributed by atoms with Gasteiger partial charge in [-0.1, -0.05) is 18.5 Å². The molecule has 2 aromatic rings. The normalized spacial score (nSPS) is 10.5. The maximum atomic E-state index is 11.1. The molecule has 0 saturated heterocycles. The number of nitrogens with zero attached hydrogens (tertiary/aromatic N) is 1. The lowest BCUT2D eigenvalue weighted by Crippen LogP contribution is -2.04. The lowest BCUT2D eigenvalue weighted by molar-refractivity contribution is 0.0696. The number of benzene rings is 1. The first kappa shape index (κ1) is 13.5. The van der Waals surface area contributed by atoms with E-state index in [1.807, 2.05) is 17.6 Å². The third-order valence-corrected chi connectivity index (χ3v) is 3.27. The van der Waals surface area contributed by atoms with Crippen molar-refractivity contribution < 1.29 is 14.6 Å². The molecule has 0 aliphatic rings. The van der Waals surface area contributed by atoms with E-state index in [4.69, 9.17) is 21.4 Å². The zero-order chi connectivity index (χ0) is 14.0. The lowest BCUT2D eigenvalue weighted by atomic mass is 10.2. The summed E-state index contributed by atoms with van der Waals surface area (Å²) < 4.78 is 6.93. The molecule has 5 heteroatoms. The molecule has 1 aromatic carbocycles. The van der Waals surface area contributed by atoms with Gasteiger partial charge in [-0.3, -0.25) is 0 Å². The van der Waals surface area contributed by atoms with Crippen molar-refractivity contribution in [1.29, 1.82) is 0 Å². The molecule has 0 aliphatic heterocycles. The van der Waals surface area contributed by atoms with Crippen molar-refractivity contribution in [2.75, 3.05) is 7.11 Å². The molecule has 0 amide bonds. The Morgan fingerprint density at radius 1 is 1.42 bits per heavy atom. The lowest BCUT2D eigenvalue weighted by Gasteiger charge is -2.11. The molecule has 4 nitrogen and oxygen atoms in total. The molecule has 1 aromatic heterocycles. The number of carboxylic acid groups (broad SMARTS) is 1. The second-order valence-corrected chi connectivity index (χ2v) is 4.43. The number of aromatic carboxylic acids is 1. The predicted molar refractivity (Wildman–Crippen MR) is 73.7 cm³/mol. The Labute approximate surface area is 116 Å². The van der Waals surface area contributed by atoms with Gasteiger partial charge in [0, 0.05) is 17.6 Å². The van der Waals surface area contributed by atoms with Gasteiger partial charge >= 0.3 is 5.97 Å². The van der Waals surface area contributed by atoms with E-state index in [-0.39, 0.29) is 0 Å². The molecule has 2 rings (SSSR count). The summed E-state index contributed by atoms with van der Waals surface area (Å²) in [5.41, 5.74) is 1.87. The minimum Gasteiger partial charge on any atom is -0.495 e. The van der Waals surface area contributed by atoms with Crippen LogP contribution in [-0.4, -0.2) is 22.8 Å². The average molecular weight is 280 g/mol. The molecule has 0 bridgehead atoms. The first-order valence-electron chi connectivity index (χ1n) is 5.86. The number of rotatable bonds is 4. The molecule has 0 spiro atoms. The Morgan fingerprint density at radius 2 is 2.16 bits per heavy atom. The molecule has 0 saturated carbocycles. The minimum absolute atomic E-state index is 0.314. The van der Waals surface area contributed by atoms with Crippen LogP contribution in [0.5, 0.6) is 5.75 Å². The van der Waals surface area contributed by atoms with Crippen molar-refractivity contribution >= 4 is 17.6 Å². The maximum absolute atomic E-state index is 11.1. The fraction of sp³-hybridized carbons (Fsp3) is 0.214. The van der Waals surface area contributed by atoms with Crippen LogP contribution in [0.1, 0.15) is 23.0 Å². The van der Waals surface area contributed by atoms with E-state index in [9.17, 15) is 4.79 Å². The quantitative estimate of drug-likeness (QED) is 0.933. The fourth-order valence-corrected chi connectivity index (χ4v) is 2.32. The van der Waals surface area contributed by atoms with Gasteiger partial charge in [0.1, 0.15) is 5.75 Å². The highest BCUT2D eigenvalue weighted by Gasteiger charge is 2.15. The number of ether oxygens (including phenoxy) is 1. The third kappa shape index (κ3) is 2.44. The van der Waals surface area contributed by atoms with Gasteiger partial charge in [0.05, 0.1) is 17.7 Å².